The molecule has 0 aliphatic carbocycles. The van der Waals surface area contributed by atoms with Gasteiger partial charge in [0.2, 0.25) is 0 Å². The molecule has 1 aromatic heterocycles. The minimum absolute atomic E-state index is 0.0652. The summed E-state index contributed by atoms with van der Waals surface area (Å²) in [7, 11) is 0. The van der Waals surface area contributed by atoms with Crippen LogP contribution in [0, 0.1) is 5.41 Å². The lowest BCUT2D eigenvalue weighted by Crippen LogP contribution is -2.35. The van der Waals surface area contributed by atoms with Crippen molar-refractivity contribution in [2.75, 3.05) is 11.9 Å². The molecule has 5 heteroatoms. The van der Waals surface area contributed by atoms with Crippen LogP contribution in [0.2, 0.25) is 0 Å². The van der Waals surface area contributed by atoms with Crippen LogP contribution in [0.5, 0.6) is 0 Å². The zero-order valence-electron chi connectivity index (χ0n) is 8.30. The first kappa shape index (κ1) is 11.2. The number of H-pyrrole nitrogens is 1. The number of carbonyl (C=O) groups is 1. The monoisotopic (exact) mass is 259 g/mol. The Morgan fingerprint density at radius 3 is 2.93 bits per heavy atom. The van der Waals surface area contributed by atoms with Crippen LogP contribution in [0.25, 0.3) is 0 Å². The van der Waals surface area contributed by atoms with Gasteiger partial charge in [0.05, 0.1) is 0 Å². The summed E-state index contributed by atoms with van der Waals surface area (Å²) in [5.41, 5.74) is 0.561. The Morgan fingerprint density at radius 2 is 2.43 bits per heavy atom. The van der Waals surface area contributed by atoms with E-state index in [-0.39, 0.29) is 11.3 Å². The van der Waals surface area contributed by atoms with Crippen LogP contribution < -0.4 is 5.32 Å². The summed E-state index contributed by atoms with van der Waals surface area (Å²) in [5.74, 6) is -0.114. The van der Waals surface area contributed by atoms with Crippen molar-refractivity contribution < 1.29 is 4.79 Å². The molecule has 78 valence electrons. The van der Waals surface area contributed by atoms with Crippen molar-refractivity contribution in [3.8, 4) is 0 Å². The lowest BCUT2D eigenvalue weighted by atomic mass is 9.97. The normalized spacial score (nSPS) is 11.4. The molecule has 4 nitrogen and oxygen atoms in total. The molecule has 1 aromatic rings. The third-order valence-electron chi connectivity index (χ3n) is 1.83. The van der Waals surface area contributed by atoms with Gasteiger partial charge in [-0.05, 0) is 11.5 Å². The van der Waals surface area contributed by atoms with E-state index in [4.69, 9.17) is 0 Å². The number of rotatable bonds is 4. The van der Waals surface area contributed by atoms with E-state index in [9.17, 15) is 4.79 Å². The molecule has 1 amide bonds. The van der Waals surface area contributed by atoms with E-state index in [0.29, 0.717) is 12.2 Å². The summed E-state index contributed by atoms with van der Waals surface area (Å²) in [5, 5.41) is 10.0. The number of amides is 1. The molecule has 0 aliphatic heterocycles. The second kappa shape index (κ2) is 4.59. The summed E-state index contributed by atoms with van der Waals surface area (Å²) in [6.07, 6.45) is 1.56. The van der Waals surface area contributed by atoms with Gasteiger partial charge in [-0.2, -0.15) is 5.10 Å². The minimum Gasteiger partial charge on any atom is -0.350 e. The minimum atomic E-state index is -0.114. The Bertz CT molecular complexity index is 295. The summed E-state index contributed by atoms with van der Waals surface area (Å²) in [6.45, 7) is 4.79. The van der Waals surface area contributed by atoms with Crippen molar-refractivity contribution in [3.63, 3.8) is 0 Å². The Morgan fingerprint density at radius 1 is 1.71 bits per heavy atom. The molecular weight excluding hydrogens is 246 g/mol. The number of hydrogen-bond donors (Lipinski definition) is 2. The highest BCUT2D eigenvalue weighted by atomic mass is 79.9. The number of aromatic nitrogens is 2. The summed E-state index contributed by atoms with van der Waals surface area (Å²) in [6, 6.07) is 1.65. The van der Waals surface area contributed by atoms with E-state index in [1.165, 1.54) is 0 Å². The van der Waals surface area contributed by atoms with Gasteiger partial charge < -0.3 is 5.32 Å². The van der Waals surface area contributed by atoms with Crippen LogP contribution in [0.1, 0.15) is 24.3 Å². The largest absolute Gasteiger partial charge is 0.350 e. The zero-order chi connectivity index (χ0) is 10.6. The summed E-state index contributed by atoms with van der Waals surface area (Å²) < 4.78 is 0. The van der Waals surface area contributed by atoms with Crippen molar-refractivity contribution in [1.29, 1.82) is 0 Å². The van der Waals surface area contributed by atoms with E-state index >= 15 is 0 Å². The Balaban J connectivity index is 2.43. The topological polar surface area (TPSA) is 57.8 Å². The van der Waals surface area contributed by atoms with Crippen LogP contribution in [0.4, 0.5) is 0 Å². The van der Waals surface area contributed by atoms with Crippen molar-refractivity contribution in [1.82, 2.24) is 15.5 Å². The van der Waals surface area contributed by atoms with Gasteiger partial charge in [0.15, 0.2) is 0 Å². The van der Waals surface area contributed by atoms with Gasteiger partial charge in [0.25, 0.3) is 5.91 Å². The third kappa shape index (κ3) is 3.14. The molecule has 0 aromatic carbocycles. The maximum atomic E-state index is 11.5. The lowest BCUT2D eigenvalue weighted by Gasteiger charge is -2.21. The molecule has 14 heavy (non-hydrogen) atoms. The number of nitrogens with zero attached hydrogens (tertiary/aromatic N) is 1. The van der Waals surface area contributed by atoms with Gasteiger partial charge in [-0.15, -0.1) is 0 Å². The smallest absolute Gasteiger partial charge is 0.269 e. The van der Waals surface area contributed by atoms with Gasteiger partial charge >= 0.3 is 0 Å². The fourth-order valence-corrected chi connectivity index (χ4v) is 1.04. The first-order valence-corrected chi connectivity index (χ1v) is 5.51. The predicted molar refractivity (Wildman–Crippen MR) is 58.5 cm³/mol. The van der Waals surface area contributed by atoms with E-state index in [1.807, 2.05) is 0 Å². The Kier molecular flexibility index (Phi) is 3.69. The second-order valence-electron chi connectivity index (χ2n) is 3.95. The highest BCUT2D eigenvalue weighted by Gasteiger charge is 2.17. The maximum Gasteiger partial charge on any atom is 0.269 e. The van der Waals surface area contributed by atoms with Crippen LogP contribution in [-0.2, 0) is 0 Å². The molecule has 0 atom stereocenters. The average Bonchev–Trinajstić information content (AvgIpc) is 2.67. The van der Waals surface area contributed by atoms with Crippen molar-refractivity contribution in [3.05, 3.63) is 18.0 Å². The van der Waals surface area contributed by atoms with Gasteiger partial charge in [-0.25, -0.2) is 0 Å². The summed E-state index contributed by atoms with van der Waals surface area (Å²) >= 11 is 3.40. The molecule has 1 heterocycles. The number of aromatic amines is 1. The molecule has 0 saturated carbocycles. The van der Waals surface area contributed by atoms with Crippen molar-refractivity contribution in [2.24, 2.45) is 5.41 Å². The molecule has 0 saturated heterocycles. The van der Waals surface area contributed by atoms with Gasteiger partial charge in [0, 0.05) is 18.1 Å². The fraction of sp³-hybridized carbons (Fsp3) is 0.556. The molecule has 0 unspecified atom stereocenters. The van der Waals surface area contributed by atoms with Crippen molar-refractivity contribution >= 4 is 21.8 Å². The fourth-order valence-electron chi connectivity index (χ4n) is 0.844. The van der Waals surface area contributed by atoms with E-state index in [2.05, 4.69) is 45.3 Å². The molecule has 0 spiro atoms. The molecule has 0 radical (unpaired) electrons. The first-order valence-electron chi connectivity index (χ1n) is 4.39. The highest BCUT2D eigenvalue weighted by Crippen LogP contribution is 2.16. The van der Waals surface area contributed by atoms with Crippen LogP contribution in [0.15, 0.2) is 12.3 Å². The molecule has 1 rings (SSSR count). The molecule has 0 aliphatic rings. The number of carbonyl (C=O) groups excluding carboxylic acids is 1. The number of nitrogens with one attached hydrogen (secondary N) is 2. The molecule has 0 fully saturated rings. The molecule has 0 bridgehead atoms. The molecular formula is C9H14BrN3O. The standard InChI is InChI=1S/C9H14BrN3O/c1-9(2,5-10)6-11-8(14)7-3-4-12-13-7/h3-4H,5-6H2,1-2H3,(H,11,14)(H,12,13). The number of alkyl halides is 1. The SMILES string of the molecule is CC(C)(CBr)CNC(=O)c1ccn[nH]1. The number of hydrogen-bond acceptors (Lipinski definition) is 2. The number of halogens is 1. The Labute approximate surface area is 91.6 Å². The van der Waals surface area contributed by atoms with E-state index in [1.54, 1.807) is 12.3 Å². The summed E-state index contributed by atoms with van der Waals surface area (Å²) in [4.78, 5) is 11.5. The van der Waals surface area contributed by atoms with Gasteiger partial charge in [0.1, 0.15) is 5.69 Å². The quantitative estimate of drug-likeness (QED) is 0.807. The molecule has 2 N–H and O–H groups in total. The van der Waals surface area contributed by atoms with Crippen LogP contribution in [-0.4, -0.2) is 28.0 Å². The van der Waals surface area contributed by atoms with E-state index < -0.39 is 0 Å². The highest BCUT2D eigenvalue weighted by molar-refractivity contribution is 9.09. The third-order valence-corrected chi connectivity index (χ3v) is 3.35. The van der Waals surface area contributed by atoms with Gasteiger partial charge in [-0.1, -0.05) is 29.8 Å². The lowest BCUT2D eigenvalue weighted by molar-refractivity contribution is 0.0935. The maximum absolute atomic E-state index is 11.5. The van der Waals surface area contributed by atoms with E-state index in [0.717, 1.165) is 5.33 Å². The Hall–Kier alpha value is -0.840. The van der Waals surface area contributed by atoms with Crippen LogP contribution >= 0.6 is 15.9 Å². The van der Waals surface area contributed by atoms with Gasteiger partial charge in [-0.3, -0.25) is 9.89 Å². The second-order valence-corrected chi connectivity index (χ2v) is 4.51. The van der Waals surface area contributed by atoms with Crippen LogP contribution in [0.3, 0.4) is 0 Å². The zero-order valence-corrected chi connectivity index (χ0v) is 9.89. The predicted octanol–water partition coefficient (Wildman–Crippen LogP) is 1.56. The first-order chi connectivity index (χ1) is 6.55. The van der Waals surface area contributed by atoms with Crippen molar-refractivity contribution in [2.45, 2.75) is 13.8 Å². The average molecular weight is 260 g/mol.